The summed E-state index contributed by atoms with van der Waals surface area (Å²) in [5.41, 5.74) is 1.07. The Balaban J connectivity index is 2.47. The molecular formula is C11H13N3O. The number of hydrazine groups is 1. The fourth-order valence-corrected chi connectivity index (χ4v) is 1.72. The van der Waals surface area contributed by atoms with Gasteiger partial charge in [-0.25, -0.2) is 5.84 Å². The van der Waals surface area contributed by atoms with Crippen LogP contribution in [0.15, 0.2) is 18.2 Å². The first-order chi connectivity index (χ1) is 7.02. The molecule has 15 heavy (non-hydrogen) atoms. The number of hydrogen-bond donors (Lipinski definition) is 1. The molecule has 1 aliphatic rings. The number of anilines is 1. The van der Waals surface area contributed by atoms with Gasteiger partial charge in [0, 0.05) is 0 Å². The topological polar surface area (TPSA) is 62.3 Å². The average molecular weight is 203 g/mol. The van der Waals surface area contributed by atoms with Crippen molar-refractivity contribution in [3.8, 4) is 11.8 Å². The van der Waals surface area contributed by atoms with Crippen LogP contribution in [0.5, 0.6) is 5.75 Å². The van der Waals surface area contributed by atoms with Crippen LogP contribution in [0.25, 0.3) is 0 Å². The Morgan fingerprint density at radius 1 is 1.53 bits per heavy atom. The molecule has 2 N–H and O–H groups in total. The average Bonchev–Trinajstić information content (AvgIpc) is 2.15. The molecule has 4 heteroatoms. The van der Waals surface area contributed by atoms with Gasteiger partial charge in [-0.05, 0) is 32.0 Å². The largest absolute Gasteiger partial charge is 0.484 e. The Labute approximate surface area is 88.8 Å². The number of rotatable bonds is 0. The molecule has 0 saturated heterocycles. The van der Waals surface area contributed by atoms with Crippen molar-refractivity contribution in [3.05, 3.63) is 23.8 Å². The van der Waals surface area contributed by atoms with E-state index >= 15 is 0 Å². The normalized spacial score (nSPS) is 17.6. The number of nitrogens with two attached hydrogens (primary N) is 1. The number of nitriles is 1. The van der Waals surface area contributed by atoms with Gasteiger partial charge in [-0.3, -0.25) is 0 Å². The molecule has 78 valence electrons. The van der Waals surface area contributed by atoms with Crippen LogP contribution in [0.1, 0.15) is 19.4 Å². The fraction of sp³-hybridized carbons (Fsp3) is 0.364. The smallest absolute Gasteiger partial charge is 0.144 e. The minimum Gasteiger partial charge on any atom is -0.484 e. The summed E-state index contributed by atoms with van der Waals surface area (Å²) in [6, 6.07) is 7.34. The Bertz CT molecular complexity index is 434. The van der Waals surface area contributed by atoms with Crippen LogP contribution in [-0.4, -0.2) is 12.1 Å². The summed E-state index contributed by atoms with van der Waals surface area (Å²) in [5, 5.41) is 10.4. The molecule has 1 heterocycles. The minimum absolute atomic E-state index is 0.296. The van der Waals surface area contributed by atoms with E-state index in [0.29, 0.717) is 12.1 Å². The molecule has 1 aromatic rings. The maximum Gasteiger partial charge on any atom is 0.144 e. The monoisotopic (exact) mass is 203 g/mol. The van der Waals surface area contributed by atoms with Gasteiger partial charge in [0.1, 0.15) is 11.4 Å². The van der Waals surface area contributed by atoms with Gasteiger partial charge in [-0.15, -0.1) is 0 Å². The van der Waals surface area contributed by atoms with Crippen LogP contribution in [0, 0.1) is 11.3 Å². The third kappa shape index (κ3) is 1.74. The van der Waals surface area contributed by atoms with E-state index in [1.165, 1.54) is 0 Å². The lowest BCUT2D eigenvalue weighted by Crippen LogP contribution is -2.50. The van der Waals surface area contributed by atoms with Gasteiger partial charge < -0.3 is 9.75 Å². The zero-order chi connectivity index (χ0) is 11.1. The highest BCUT2D eigenvalue weighted by atomic mass is 16.5. The molecule has 4 nitrogen and oxygen atoms in total. The van der Waals surface area contributed by atoms with Crippen LogP contribution in [-0.2, 0) is 0 Å². The third-order valence-electron chi connectivity index (χ3n) is 2.33. The van der Waals surface area contributed by atoms with E-state index in [9.17, 15) is 0 Å². The zero-order valence-electron chi connectivity index (χ0n) is 8.82. The molecule has 0 spiro atoms. The summed E-state index contributed by atoms with van der Waals surface area (Å²) < 4.78 is 5.76. The van der Waals surface area contributed by atoms with Gasteiger partial charge >= 0.3 is 0 Å². The van der Waals surface area contributed by atoms with E-state index in [1.807, 2.05) is 13.8 Å². The molecule has 0 aliphatic carbocycles. The van der Waals surface area contributed by atoms with Crippen molar-refractivity contribution in [2.45, 2.75) is 19.4 Å². The SMILES string of the molecule is CC1(C)CN(N)c2cc(C#N)ccc2O1. The zero-order valence-corrected chi connectivity index (χ0v) is 8.82. The maximum atomic E-state index is 8.78. The first-order valence-electron chi connectivity index (χ1n) is 4.77. The molecule has 2 rings (SSSR count). The quantitative estimate of drug-likeness (QED) is 0.647. The van der Waals surface area contributed by atoms with Crippen LogP contribution in [0.4, 0.5) is 5.69 Å². The summed E-state index contributed by atoms with van der Waals surface area (Å²) in [5.74, 6) is 6.62. The Morgan fingerprint density at radius 3 is 2.93 bits per heavy atom. The van der Waals surface area contributed by atoms with Gasteiger partial charge in [-0.1, -0.05) is 0 Å². The number of fused-ring (bicyclic) bond motifs is 1. The number of hydrogen-bond acceptors (Lipinski definition) is 4. The third-order valence-corrected chi connectivity index (χ3v) is 2.33. The fourth-order valence-electron chi connectivity index (χ4n) is 1.72. The van der Waals surface area contributed by atoms with Crippen molar-refractivity contribution >= 4 is 5.69 Å². The predicted molar refractivity (Wildman–Crippen MR) is 57.4 cm³/mol. The van der Waals surface area contributed by atoms with E-state index in [1.54, 1.807) is 23.2 Å². The summed E-state index contributed by atoms with van der Waals surface area (Å²) in [6.45, 7) is 4.57. The summed E-state index contributed by atoms with van der Waals surface area (Å²) in [4.78, 5) is 0. The summed E-state index contributed by atoms with van der Waals surface area (Å²) in [6.07, 6.45) is 0. The standard InChI is InChI=1S/C11H13N3O/c1-11(2)7-14(13)9-5-8(6-12)3-4-10(9)15-11/h3-5H,7,13H2,1-2H3. The van der Waals surface area contributed by atoms with Crippen molar-refractivity contribution in [1.29, 1.82) is 5.26 Å². The predicted octanol–water partition coefficient (Wildman–Crippen LogP) is 1.41. The molecule has 0 fully saturated rings. The van der Waals surface area contributed by atoms with Crippen LogP contribution in [0.3, 0.4) is 0 Å². The second kappa shape index (κ2) is 3.14. The van der Waals surface area contributed by atoms with Crippen LogP contribution < -0.4 is 15.6 Å². The number of ether oxygens (including phenoxy) is 1. The lowest BCUT2D eigenvalue weighted by atomic mass is 10.1. The molecular weight excluding hydrogens is 190 g/mol. The number of nitrogens with zero attached hydrogens (tertiary/aromatic N) is 2. The van der Waals surface area contributed by atoms with Gasteiger partial charge in [0.25, 0.3) is 0 Å². The highest BCUT2D eigenvalue weighted by Gasteiger charge is 2.30. The molecule has 0 bridgehead atoms. The van der Waals surface area contributed by atoms with E-state index in [-0.39, 0.29) is 5.60 Å². The molecule has 0 saturated carbocycles. The van der Waals surface area contributed by atoms with Crippen molar-refractivity contribution in [3.63, 3.8) is 0 Å². The van der Waals surface area contributed by atoms with Gasteiger partial charge in [-0.2, -0.15) is 5.26 Å². The number of benzene rings is 1. The summed E-state index contributed by atoms with van der Waals surface area (Å²) in [7, 11) is 0. The van der Waals surface area contributed by atoms with Gasteiger partial charge in [0.05, 0.1) is 23.9 Å². The lowest BCUT2D eigenvalue weighted by Gasteiger charge is -2.38. The highest BCUT2D eigenvalue weighted by molar-refractivity contribution is 5.62. The highest BCUT2D eigenvalue weighted by Crippen LogP contribution is 2.35. The van der Waals surface area contributed by atoms with Crippen molar-refractivity contribution in [2.75, 3.05) is 11.6 Å². The van der Waals surface area contributed by atoms with E-state index in [2.05, 4.69) is 6.07 Å². The van der Waals surface area contributed by atoms with E-state index in [0.717, 1.165) is 11.4 Å². The van der Waals surface area contributed by atoms with E-state index < -0.39 is 0 Å². The van der Waals surface area contributed by atoms with Crippen molar-refractivity contribution < 1.29 is 4.74 Å². The molecule has 0 unspecified atom stereocenters. The Hall–Kier alpha value is -1.73. The van der Waals surface area contributed by atoms with E-state index in [4.69, 9.17) is 15.8 Å². The van der Waals surface area contributed by atoms with Crippen LogP contribution >= 0.6 is 0 Å². The molecule has 0 atom stereocenters. The maximum absolute atomic E-state index is 8.78. The Kier molecular flexibility index (Phi) is 2.06. The molecule has 0 amide bonds. The first kappa shape index (κ1) is 9.81. The summed E-state index contributed by atoms with van der Waals surface area (Å²) >= 11 is 0. The van der Waals surface area contributed by atoms with Crippen molar-refractivity contribution in [2.24, 2.45) is 5.84 Å². The van der Waals surface area contributed by atoms with Gasteiger partial charge in [0.15, 0.2) is 0 Å². The molecule has 0 aromatic heterocycles. The lowest BCUT2D eigenvalue weighted by molar-refractivity contribution is 0.105. The van der Waals surface area contributed by atoms with Crippen molar-refractivity contribution in [1.82, 2.24) is 0 Å². The second-order valence-corrected chi connectivity index (χ2v) is 4.28. The molecule has 1 aliphatic heterocycles. The van der Waals surface area contributed by atoms with Gasteiger partial charge in [0.2, 0.25) is 0 Å². The molecule has 0 radical (unpaired) electrons. The second-order valence-electron chi connectivity index (χ2n) is 4.28. The minimum atomic E-state index is -0.296. The Morgan fingerprint density at radius 2 is 2.27 bits per heavy atom. The molecule has 1 aromatic carbocycles. The first-order valence-corrected chi connectivity index (χ1v) is 4.77. The van der Waals surface area contributed by atoms with Crippen LogP contribution in [0.2, 0.25) is 0 Å².